The van der Waals surface area contributed by atoms with Crippen LogP contribution in [0.15, 0.2) is 71.4 Å². The van der Waals surface area contributed by atoms with Gasteiger partial charge in [-0.05, 0) is 43.0 Å². The molecule has 4 aromatic rings. The van der Waals surface area contributed by atoms with Crippen LogP contribution in [0.4, 0.5) is 0 Å². The zero-order valence-corrected chi connectivity index (χ0v) is 15.5. The summed E-state index contributed by atoms with van der Waals surface area (Å²) in [5.74, 6) is 0.0702. The summed E-state index contributed by atoms with van der Waals surface area (Å²) in [6, 6.07) is 17.9. The van der Waals surface area contributed by atoms with Gasteiger partial charge in [0, 0.05) is 24.4 Å². The smallest absolute Gasteiger partial charge is 0.265 e. The molecule has 3 heterocycles. The molecule has 0 bridgehead atoms. The highest BCUT2D eigenvalue weighted by Crippen LogP contribution is 2.22. The van der Waals surface area contributed by atoms with Crippen molar-refractivity contribution in [2.45, 2.75) is 32.1 Å². The summed E-state index contributed by atoms with van der Waals surface area (Å²) in [6.07, 6.45) is 7.81. The normalized spacial score (nSPS) is 11.0. The summed E-state index contributed by atoms with van der Waals surface area (Å²) < 4.78 is 5.67. The summed E-state index contributed by atoms with van der Waals surface area (Å²) in [5, 5.41) is 0. The molecule has 28 heavy (non-hydrogen) atoms. The van der Waals surface area contributed by atoms with E-state index in [0.29, 0.717) is 17.7 Å². The van der Waals surface area contributed by atoms with Crippen molar-refractivity contribution >= 4 is 17.0 Å². The third-order valence-electron chi connectivity index (χ3n) is 4.66. The van der Waals surface area contributed by atoms with Gasteiger partial charge in [-0.2, -0.15) is 4.98 Å². The Labute approximate surface area is 163 Å². The summed E-state index contributed by atoms with van der Waals surface area (Å²) in [7, 11) is 0. The van der Waals surface area contributed by atoms with E-state index in [1.54, 1.807) is 12.4 Å². The maximum Gasteiger partial charge on any atom is 0.265 e. The van der Waals surface area contributed by atoms with Gasteiger partial charge < -0.3 is 4.42 Å². The summed E-state index contributed by atoms with van der Waals surface area (Å²) in [5.41, 5.74) is 3.94. The Bertz CT molecular complexity index is 1060. The van der Waals surface area contributed by atoms with Crippen LogP contribution in [0.1, 0.15) is 41.9 Å². The lowest BCUT2D eigenvalue weighted by Crippen LogP contribution is -1.99. The number of benzene rings is 1. The lowest BCUT2D eigenvalue weighted by atomic mass is 10.1. The number of carbonyl (C=O) groups is 1. The number of aryl methyl sites for hydroxylation is 1. The molecule has 1 aromatic carbocycles. The lowest BCUT2D eigenvalue weighted by molar-refractivity contribution is 0.0947. The van der Waals surface area contributed by atoms with Crippen molar-refractivity contribution in [3.8, 4) is 11.3 Å². The monoisotopic (exact) mass is 371 g/mol. The number of ketones is 1. The number of hydrogen-bond acceptors (Lipinski definition) is 5. The first kappa shape index (κ1) is 18.0. The first-order chi connectivity index (χ1) is 13.8. The number of carbonyl (C=O) groups excluding carboxylic acids is 1. The Morgan fingerprint density at radius 2 is 1.79 bits per heavy atom. The van der Waals surface area contributed by atoms with Gasteiger partial charge in [0.25, 0.3) is 5.89 Å². The number of fused-ring (bicyclic) bond motifs is 1. The van der Waals surface area contributed by atoms with Crippen LogP contribution in [-0.4, -0.2) is 20.7 Å². The molecule has 0 spiro atoms. The molecule has 0 radical (unpaired) electrons. The molecule has 0 atom stereocenters. The summed E-state index contributed by atoms with van der Waals surface area (Å²) in [6.45, 7) is 0. The Kier molecular flexibility index (Phi) is 5.52. The van der Waals surface area contributed by atoms with Gasteiger partial charge in [-0.1, -0.05) is 42.8 Å². The molecular formula is C23H21N3O2. The Morgan fingerprint density at radius 3 is 2.61 bits per heavy atom. The van der Waals surface area contributed by atoms with E-state index in [0.717, 1.165) is 36.9 Å². The minimum Gasteiger partial charge on any atom is -0.432 e. The molecule has 0 aliphatic heterocycles. The largest absolute Gasteiger partial charge is 0.432 e. The molecular weight excluding hydrogens is 350 g/mol. The number of aromatic nitrogens is 3. The van der Waals surface area contributed by atoms with Crippen LogP contribution in [0, 0.1) is 0 Å². The fourth-order valence-corrected chi connectivity index (χ4v) is 3.16. The number of pyridine rings is 2. The third kappa shape index (κ3) is 4.31. The predicted octanol–water partition coefficient (Wildman–Crippen LogP) is 5.27. The van der Waals surface area contributed by atoms with E-state index in [1.807, 2.05) is 30.3 Å². The van der Waals surface area contributed by atoms with Gasteiger partial charge in [0.1, 0.15) is 0 Å². The van der Waals surface area contributed by atoms with Gasteiger partial charge in [0.2, 0.25) is 5.78 Å². The van der Waals surface area contributed by atoms with Crippen LogP contribution in [0.2, 0.25) is 0 Å². The van der Waals surface area contributed by atoms with Crippen molar-refractivity contribution in [1.29, 1.82) is 0 Å². The van der Waals surface area contributed by atoms with Crippen LogP contribution in [0.25, 0.3) is 22.5 Å². The highest BCUT2D eigenvalue weighted by molar-refractivity contribution is 5.93. The van der Waals surface area contributed by atoms with E-state index in [1.165, 1.54) is 5.56 Å². The topological polar surface area (TPSA) is 68.9 Å². The zero-order chi connectivity index (χ0) is 19.2. The number of unbranched alkanes of at least 4 members (excludes halogenated alkanes) is 2. The van der Waals surface area contributed by atoms with Gasteiger partial charge in [0.05, 0.1) is 5.69 Å². The van der Waals surface area contributed by atoms with Crippen LogP contribution < -0.4 is 0 Å². The second kappa shape index (κ2) is 8.57. The molecule has 0 unspecified atom stereocenters. The minimum absolute atomic E-state index is 0.0721. The molecule has 5 heteroatoms. The first-order valence-electron chi connectivity index (χ1n) is 9.55. The molecule has 0 saturated carbocycles. The molecule has 0 saturated heterocycles. The quantitative estimate of drug-likeness (QED) is 0.312. The average molecular weight is 371 g/mol. The van der Waals surface area contributed by atoms with Gasteiger partial charge >= 0.3 is 0 Å². The zero-order valence-electron chi connectivity index (χ0n) is 15.5. The number of oxazole rings is 1. The fourth-order valence-electron chi connectivity index (χ4n) is 3.16. The highest BCUT2D eigenvalue weighted by Gasteiger charge is 2.15. The summed E-state index contributed by atoms with van der Waals surface area (Å²) >= 11 is 0. The van der Waals surface area contributed by atoms with Crippen molar-refractivity contribution in [2.24, 2.45) is 0 Å². The average Bonchev–Trinajstić information content (AvgIpc) is 3.18. The van der Waals surface area contributed by atoms with Crippen molar-refractivity contribution in [2.75, 3.05) is 0 Å². The fraction of sp³-hybridized carbons (Fsp3) is 0.217. The Morgan fingerprint density at radius 1 is 0.929 bits per heavy atom. The van der Waals surface area contributed by atoms with Gasteiger partial charge in [-0.3, -0.25) is 9.78 Å². The van der Waals surface area contributed by atoms with Crippen molar-refractivity contribution in [3.05, 3.63) is 78.4 Å². The molecule has 0 amide bonds. The molecule has 0 fully saturated rings. The van der Waals surface area contributed by atoms with Crippen LogP contribution in [-0.2, 0) is 6.42 Å². The number of Topliss-reactive ketones (excluding diaryl/α,β-unsaturated/α-hetero) is 1. The van der Waals surface area contributed by atoms with Crippen molar-refractivity contribution in [3.63, 3.8) is 0 Å². The maximum atomic E-state index is 12.4. The SMILES string of the molecule is O=C(CCCCCc1ccccc1)c1nc2ncc(-c3ccccn3)cc2o1. The van der Waals surface area contributed by atoms with Crippen molar-refractivity contribution < 1.29 is 9.21 Å². The van der Waals surface area contributed by atoms with Gasteiger partial charge in [-0.15, -0.1) is 0 Å². The Hall–Kier alpha value is -3.34. The molecule has 0 aliphatic carbocycles. The molecule has 4 rings (SSSR count). The molecule has 0 aliphatic rings. The molecule has 0 N–H and O–H groups in total. The Balaban J connectivity index is 1.34. The molecule has 140 valence electrons. The minimum atomic E-state index is -0.0721. The van der Waals surface area contributed by atoms with Crippen LogP contribution in [0.3, 0.4) is 0 Å². The van der Waals surface area contributed by atoms with E-state index in [-0.39, 0.29) is 11.7 Å². The highest BCUT2D eigenvalue weighted by atomic mass is 16.4. The summed E-state index contributed by atoms with van der Waals surface area (Å²) in [4.78, 5) is 25.3. The van der Waals surface area contributed by atoms with E-state index >= 15 is 0 Å². The van der Waals surface area contributed by atoms with E-state index in [9.17, 15) is 4.79 Å². The standard InChI is InChI=1S/C23H21N3O2/c27-20(13-6-2-5-11-17-9-3-1-4-10-17)23-26-22-21(28-23)15-18(16-25-22)19-12-7-8-14-24-19/h1,3-4,7-10,12,14-16H,2,5-6,11,13H2. The van der Waals surface area contributed by atoms with Crippen LogP contribution in [0.5, 0.6) is 0 Å². The molecule has 3 aromatic heterocycles. The number of nitrogens with zero attached hydrogens (tertiary/aromatic N) is 3. The second-order valence-electron chi connectivity index (χ2n) is 6.75. The number of rotatable bonds is 8. The first-order valence-corrected chi connectivity index (χ1v) is 9.55. The second-order valence-corrected chi connectivity index (χ2v) is 6.75. The lowest BCUT2D eigenvalue weighted by Gasteiger charge is -2.01. The van der Waals surface area contributed by atoms with E-state index < -0.39 is 0 Å². The van der Waals surface area contributed by atoms with Crippen molar-refractivity contribution in [1.82, 2.24) is 15.0 Å². The number of hydrogen-bond donors (Lipinski definition) is 0. The third-order valence-corrected chi connectivity index (χ3v) is 4.66. The van der Waals surface area contributed by atoms with Gasteiger partial charge in [0.15, 0.2) is 11.2 Å². The van der Waals surface area contributed by atoms with E-state index in [2.05, 4.69) is 39.2 Å². The predicted molar refractivity (Wildman–Crippen MR) is 108 cm³/mol. The van der Waals surface area contributed by atoms with E-state index in [4.69, 9.17) is 4.42 Å². The molecule has 5 nitrogen and oxygen atoms in total. The van der Waals surface area contributed by atoms with Crippen LogP contribution >= 0.6 is 0 Å². The maximum absolute atomic E-state index is 12.4. The van der Waals surface area contributed by atoms with Gasteiger partial charge in [-0.25, -0.2) is 4.98 Å².